The summed E-state index contributed by atoms with van der Waals surface area (Å²) < 4.78 is 41.4. The Hall–Kier alpha value is -1.57. The van der Waals surface area contributed by atoms with E-state index in [2.05, 4.69) is 10.5 Å². The molecule has 0 saturated carbocycles. The van der Waals surface area contributed by atoms with Crippen LogP contribution in [0.3, 0.4) is 0 Å². The third-order valence-corrected chi connectivity index (χ3v) is 2.02. The minimum Gasteiger partial charge on any atom is -0.481 e. The molecule has 5 nitrogen and oxygen atoms in total. The maximum absolute atomic E-state index is 12.2. The van der Waals surface area contributed by atoms with Gasteiger partial charge in [-0.3, -0.25) is 4.79 Å². The van der Waals surface area contributed by atoms with Crippen LogP contribution in [0.4, 0.5) is 13.2 Å². The summed E-state index contributed by atoms with van der Waals surface area (Å²) in [6.07, 6.45) is -4.77. The van der Waals surface area contributed by atoms with Gasteiger partial charge in [0.2, 0.25) is 0 Å². The van der Waals surface area contributed by atoms with Crippen LogP contribution < -0.4 is 5.32 Å². The van der Waals surface area contributed by atoms with Crippen molar-refractivity contribution in [3.05, 3.63) is 17.5 Å². The molecule has 0 radical (unpaired) electrons. The zero-order valence-electron chi connectivity index (χ0n) is 8.91. The quantitative estimate of drug-likeness (QED) is 0.827. The topological polar surface area (TPSA) is 75.4 Å². The number of carboxylic acids is 1. The van der Waals surface area contributed by atoms with E-state index in [1.807, 2.05) is 0 Å². The first kappa shape index (κ1) is 13.5. The second-order valence-electron chi connectivity index (χ2n) is 3.49. The summed E-state index contributed by atoms with van der Waals surface area (Å²) in [5, 5.41) is 14.3. The van der Waals surface area contributed by atoms with Gasteiger partial charge in [-0.1, -0.05) is 5.16 Å². The van der Waals surface area contributed by atoms with Crippen LogP contribution >= 0.6 is 0 Å². The molecule has 0 aliphatic rings. The van der Waals surface area contributed by atoms with E-state index in [4.69, 9.17) is 9.63 Å². The summed E-state index contributed by atoms with van der Waals surface area (Å²) in [6.45, 7) is 0.966. The van der Waals surface area contributed by atoms with Crippen molar-refractivity contribution in [2.45, 2.75) is 19.6 Å². The van der Waals surface area contributed by atoms with Gasteiger partial charge in [0.25, 0.3) is 0 Å². The van der Waals surface area contributed by atoms with Gasteiger partial charge in [-0.05, 0) is 6.92 Å². The first-order chi connectivity index (χ1) is 7.80. The summed E-state index contributed by atoms with van der Waals surface area (Å²) >= 11 is 0. The smallest absolute Gasteiger partial charge is 0.403 e. The van der Waals surface area contributed by atoms with Crippen molar-refractivity contribution in [1.82, 2.24) is 10.5 Å². The van der Waals surface area contributed by atoms with Crippen LogP contribution in [0.25, 0.3) is 0 Å². The fourth-order valence-corrected chi connectivity index (χ4v) is 1.19. The number of carboxylic acid groups (broad SMARTS) is 1. The van der Waals surface area contributed by atoms with Crippen LogP contribution in [0.1, 0.15) is 11.5 Å². The maximum Gasteiger partial charge on any atom is 0.403 e. The van der Waals surface area contributed by atoms with Gasteiger partial charge in [0.15, 0.2) is 5.92 Å². The molecule has 1 aromatic rings. The number of carbonyl (C=O) groups is 1. The van der Waals surface area contributed by atoms with Crippen molar-refractivity contribution in [3.8, 4) is 0 Å². The molecule has 1 atom stereocenters. The summed E-state index contributed by atoms with van der Waals surface area (Å²) in [5.74, 6) is -3.79. The van der Waals surface area contributed by atoms with Crippen molar-refractivity contribution < 1.29 is 27.6 Å². The van der Waals surface area contributed by atoms with Crippen LogP contribution in [0, 0.1) is 12.8 Å². The number of hydrogen-bond acceptors (Lipinski definition) is 4. The molecule has 8 heteroatoms. The summed E-state index contributed by atoms with van der Waals surface area (Å²) in [4.78, 5) is 10.4. The number of rotatable bonds is 5. The number of halogens is 3. The predicted molar refractivity (Wildman–Crippen MR) is 50.1 cm³/mol. The van der Waals surface area contributed by atoms with Crippen LogP contribution in [0.15, 0.2) is 10.6 Å². The number of aromatic nitrogens is 1. The number of alkyl halides is 3. The normalized spacial score (nSPS) is 13.6. The largest absolute Gasteiger partial charge is 0.481 e. The van der Waals surface area contributed by atoms with E-state index in [0.717, 1.165) is 0 Å². The first-order valence-electron chi connectivity index (χ1n) is 4.73. The molecular formula is C9H11F3N2O3. The lowest BCUT2D eigenvalue weighted by Crippen LogP contribution is -2.38. The van der Waals surface area contributed by atoms with Crippen LogP contribution in [0.5, 0.6) is 0 Å². The van der Waals surface area contributed by atoms with Crippen LogP contribution in [0.2, 0.25) is 0 Å². The highest BCUT2D eigenvalue weighted by Gasteiger charge is 2.44. The van der Waals surface area contributed by atoms with Gasteiger partial charge in [0.1, 0.15) is 5.76 Å². The Kier molecular flexibility index (Phi) is 4.11. The summed E-state index contributed by atoms with van der Waals surface area (Å²) in [7, 11) is 0. The summed E-state index contributed by atoms with van der Waals surface area (Å²) in [5.41, 5.74) is 0.425. The van der Waals surface area contributed by atoms with Gasteiger partial charge in [0, 0.05) is 19.2 Å². The molecule has 0 spiro atoms. The highest BCUT2D eigenvalue weighted by molar-refractivity contribution is 5.71. The second-order valence-corrected chi connectivity index (χ2v) is 3.49. The van der Waals surface area contributed by atoms with Gasteiger partial charge < -0.3 is 14.9 Å². The monoisotopic (exact) mass is 252 g/mol. The Morgan fingerprint density at radius 1 is 1.65 bits per heavy atom. The Morgan fingerprint density at radius 2 is 2.29 bits per heavy atom. The average Bonchev–Trinajstić information content (AvgIpc) is 2.56. The van der Waals surface area contributed by atoms with E-state index < -0.39 is 24.6 Å². The fraction of sp³-hybridized carbons (Fsp3) is 0.556. The van der Waals surface area contributed by atoms with Gasteiger partial charge in [-0.25, -0.2) is 0 Å². The minimum absolute atomic E-state index is 0.0250. The zero-order valence-corrected chi connectivity index (χ0v) is 8.91. The van der Waals surface area contributed by atoms with E-state index in [0.29, 0.717) is 11.5 Å². The highest BCUT2D eigenvalue weighted by atomic mass is 19.4. The second kappa shape index (κ2) is 5.17. The highest BCUT2D eigenvalue weighted by Crippen LogP contribution is 2.25. The van der Waals surface area contributed by atoms with Gasteiger partial charge in [-0.2, -0.15) is 13.2 Å². The number of nitrogens with one attached hydrogen (secondary N) is 1. The van der Waals surface area contributed by atoms with Crippen LogP contribution in [-0.4, -0.2) is 29.0 Å². The number of aryl methyl sites for hydroxylation is 1. The number of hydrogen-bond donors (Lipinski definition) is 2. The fourth-order valence-electron chi connectivity index (χ4n) is 1.19. The molecule has 96 valence electrons. The number of nitrogens with zero attached hydrogens (tertiary/aromatic N) is 1. The third-order valence-electron chi connectivity index (χ3n) is 2.02. The van der Waals surface area contributed by atoms with E-state index in [1.54, 1.807) is 13.0 Å². The minimum atomic E-state index is -4.77. The Labute approximate surface area is 94.6 Å². The predicted octanol–water partition coefficient (Wildman–Crippen LogP) is 1.34. The molecule has 0 aliphatic carbocycles. The SMILES string of the molecule is Cc1cc(CNCC(C(=O)O)C(F)(F)F)no1. The Balaban J connectivity index is 2.46. The lowest BCUT2D eigenvalue weighted by Gasteiger charge is -2.15. The van der Waals surface area contributed by atoms with Gasteiger partial charge in [-0.15, -0.1) is 0 Å². The van der Waals surface area contributed by atoms with E-state index in [1.165, 1.54) is 0 Å². The van der Waals surface area contributed by atoms with Crippen molar-refractivity contribution in [1.29, 1.82) is 0 Å². The van der Waals surface area contributed by atoms with Crippen molar-refractivity contribution in [2.24, 2.45) is 5.92 Å². The van der Waals surface area contributed by atoms with Gasteiger partial charge in [0.05, 0.1) is 5.69 Å². The molecule has 1 rings (SSSR count). The molecule has 17 heavy (non-hydrogen) atoms. The lowest BCUT2D eigenvalue weighted by atomic mass is 10.1. The molecule has 2 N–H and O–H groups in total. The Morgan fingerprint density at radius 3 is 2.71 bits per heavy atom. The molecule has 0 fully saturated rings. The maximum atomic E-state index is 12.2. The number of aliphatic carboxylic acids is 1. The first-order valence-corrected chi connectivity index (χ1v) is 4.73. The van der Waals surface area contributed by atoms with Crippen molar-refractivity contribution in [2.75, 3.05) is 6.54 Å². The molecular weight excluding hydrogens is 241 g/mol. The average molecular weight is 252 g/mol. The molecule has 1 aromatic heterocycles. The van der Waals surface area contributed by atoms with E-state index in [-0.39, 0.29) is 6.54 Å². The Bertz CT molecular complexity index is 389. The van der Waals surface area contributed by atoms with Crippen LogP contribution in [-0.2, 0) is 11.3 Å². The molecule has 0 aliphatic heterocycles. The van der Waals surface area contributed by atoms with E-state index >= 15 is 0 Å². The standard InChI is InChI=1S/C9H11F3N2O3/c1-5-2-6(14-17-5)3-13-4-7(8(15)16)9(10,11)12/h2,7,13H,3-4H2,1H3,(H,15,16). The van der Waals surface area contributed by atoms with E-state index in [9.17, 15) is 18.0 Å². The molecule has 0 amide bonds. The molecule has 0 saturated heterocycles. The third kappa shape index (κ3) is 4.06. The van der Waals surface area contributed by atoms with Crippen molar-refractivity contribution >= 4 is 5.97 Å². The van der Waals surface area contributed by atoms with Crippen molar-refractivity contribution in [3.63, 3.8) is 0 Å². The van der Waals surface area contributed by atoms with Gasteiger partial charge >= 0.3 is 12.1 Å². The summed E-state index contributed by atoms with van der Waals surface area (Å²) in [6, 6.07) is 1.55. The zero-order chi connectivity index (χ0) is 13.1. The molecule has 0 aromatic carbocycles. The molecule has 1 heterocycles. The molecule has 0 bridgehead atoms. The molecule has 1 unspecified atom stereocenters. The lowest BCUT2D eigenvalue weighted by molar-refractivity contribution is -0.192.